The predicted molar refractivity (Wildman–Crippen MR) is 66.1 cm³/mol. The van der Waals surface area contributed by atoms with Gasteiger partial charge in [-0.1, -0.05) is 12.1 Å². The zero-order chi connectivity index (χ0) is 11.1. The third kappa shape index (κ3) is 1.37. The summed E-state index contributed by atoms with van der Waals surface area (Å²) in [7, 11) is 0. The molecule has 0 saturated heterocycles. The highest BCUT2D eigenvalue weighted by Gasteiger charge is 2.20. The lowest BCUT2D eigenvalue weighted by Crippen LogP contribution is -2.17. The molecule has 82 valence electrons. The zero-order valence-electron chi connectivity index (χ0n) is 8.66. The lowest BCUT2D eigenvalue weighted by Gasteiger charge is -2.04. The van der Waals surface area contributed by atoms with Crippen LogP contribution in [-0.4, -0.2) is 9.78 Å². The predicted octanol–water partition coefficient (Wildman–Crippen LogP) is 2.42. The van der Waals surface area contributed by atoms with Crippen molar-refractivity contribution < 1.29 is 0 Å². The van der Waals surface area contributed by atoms with E-state index in [1.165, 1.54) is 0 Å². The van der Waals surface area contributed by atoms with E-state index in [4.69, 9.17) is 0 Å². The van der Waals surface area contributed by atoms with Gasteiger partial charge in [0.2, 0.25) is 0 Å². The number of benzene rings is 1. The molecule has 0 bridgehead atoms. The Hall–Kier alpha value is -1.29. The summed E-state index contributed by atoms with van der Waals surface area (Å²) in [6, 6.07) is 7.73. The maximum Gasteiger partial charge on any atom is 0.274 e. The number of nitrogens with one attached hydrogen (secondary N) is 1. The zero-order valence-corrected chi connectivity index (χ0v) is 10.3. The summed E-state index contributed by atoms with van der Waals surface area (Å²) in [5, 5.41) is 3.19. The maximum absolute atomic E-state index is 12.1. The second-order valence-corrected chi connectivity index (χ2v) is 4.87. The van der Waals surface area contributed by atoms with Crippen LogP contribution in [0, 0.1) is 0 Å². The van der Waals surface area contributed by atoms with Crippen molar-refractivity contribution in [3.63, 3.8) is 0 Å². The minimum atomic E-state index is 0.0967. The van der Waals surface area contributed by atoms with Crippen molar-refractivity contribution in [1.29, 1.82) is 0 Å². The fourth-order valence-corrected chi connectivity index (χ4v) is 2.69. The highest BCUT2D eigenvalue weighted by atomic mass is 79.9. The van der Waals surface area contributed by atoms with Gasteiger partial charge in [0.25, 0.3) is 5.56 Å². The molecule has 1 aliphatic carbocycles. The first-order valence-electron chi connectivity index (χ1n) is 5.35. The van der Waals surface area contributed by atoms with Crippen LogP contribution in [0.1, 0.15) is 17.7 Å². The van der Waals surface area contributed by atoms with Crippen molar-refractivity contribution in [2.24, 2.45) is 0 Å². The van der Waals surface area contributed by atoms with Gasteiger partial charge in [-0.25, -0.2) is 4.68 Å². The van der Waals surface area contributed by atoms with Crippen molar-refractivity contribution in [1.82, 2.24) is 9.78 Å². The Bertz CT molecular complexity index is 597. The number of hydrogen-bond acceptors (Lipinski definition) is 1. The van der Waals surface area contributed by atoms with Gasteiger partial charge in [-0.3, -0.25) is 9.89 Å². The van der Waals surface area contributed by atoms with E-state index in [0.29, 0.717) is 0 Å². The number of aryl methyl sites for hydroxylation is 1. The van der Waals surface area contributed by atoms with E-state index < -0.39 is 0 Å². The summed E-state index contributed by atoms with van der Waals surface area (Å²) in [5.74, 6) is 0. The standard InChI is InChI=1S/C12H11BrN2O/c13-9-5-1-2-7-11(9)15-12(16)8-4-3-6-10(8)14-15/h1-2,5,7,14H,3-4,6H2. The molecular weight excluding hydrogens is 268 g/mol. The molecule has 3 nitrogen and oxygen atoms in total. The molecule has 0 saturated carbocycles. The number of aromatic amines is 1. The van der Waals surface area contributed by atoms with E-state index in [-0.39, 0.29) is 5.56 Å². The lowest BCUT2D eigenvalue weighted by molar-refractivity contribution is 0.777. The van der Waals surface area contributed by atoms with Gasteiger partial charge in [0.1, 0.15) is 0 Å². The number of rotatable bonds is 1. The van der Waals surface area contributed by atoms with Gasteiger partial charge in [-0.15, -0.1) is 0 Å². The van der Waals surface area contributed by atoms with Gasteiger partial charge in [0, 0.05) is 15.7 Å². The normalized spacial score (nSPS) is 14.1. The van der Waals surface area contributed by atoms with E-state index in [1.807, 2.05) is 24.3 Å². The number of nitrogens with zero attached hydrogens (tertiary/aromatic N) is 1. The summed E-state index contributed by atoms with van der Waals surface area (Å²) >= 11 is 3.46. The molecule has 0 amide bonds. The Balaban J connectivity index is 2.22. The largest absolute Gasteiger partial charge is 0.295 e. The second kappa shape index (κ2) is 3.63. The van der Waals surface area contributed by atoms with Gasteiger partial charge in [-0.2, -0.15) is 0 Å². The molecular formula is C12H11BrN2O. The van der Waals surface area contributed by atoms with Crippen molar-refractivity contribution >= 4 is 15.9 Å². The molecule has 1 aliphatic rings. The van der Waals surface area contributed by atoms with E-state index in [2.05, 4.69) is 21.0 Å². The summed E-state index contributed by atoms with van der Waals surface area (Å²) in [6.45, 7) is 0. The molecule has 3 rings (SSSR count). The van der Waals surface area contributed by atoms with Crippen molar-refractivity contribution in [2.45, 2.75) is 19.3 Å². The number of aromatic nitrogens is 2. The van der Waals surface area contributed by atoms with Gasteiger partial charge >= 0.3 is 0 Å². The third-order valence-electron chi connectivity index (χ3n) is 3.02. The van der Waals surface area contributed by atoms with Crippen LogP contribution in [0.3, 0.4) is 0 Å². The van der Waals surface area contributed by atoms with Crippen molar-refractivity contribution in [3.8, 4) is 5.69 Å². The highest BCUT2D eigenvalue weighted by Crippen LogP contribution is 2.22. The molecule has 1 N–H and O–H groups in total. The van der Waals surface area contributed by atoms with Crippen LogP contribution in [0.4, 0.5) is 0 Å². The summed E-state index contributed by atoms with van der Waals surface area (Å²) in [4.78, 5) is 12.1. The van der Waals surface area contributed by atoms with Crippen LogP contribution >= 0.6 is 15.9 Å². The van der Waals surface area contributed by atoms with Crippen LogP contribution in [-0.2, 0) is 12.8 Å². The number of halogens is 1. The van der Waals surface area contributed by atoms with Crippen LogP contribution < -0.4 is 5.56 Å². The minimum absolute atomic E-state index is 0.0967. The first-order chi connectivity index (χ1) is 7.77. The topological polar surface area (TPSA) is 37.8 Å². The van der Waals surface area contributed by atoms with E-state index in [0.717, 1.165) is 40.7 Å². The molecule has 0 aliphatic heterocycles. The molecule has 0 spiro atoms. The fourth-order valence-electron chi connectivity index (χ4n) is 2.23. The molecule has 0 unspecified atom stereocenters. The molecule has 0 fully saturated rings. The highest BCUT2D eigenvalue weighted by molar-refractivity contribution is 9.10. The monoisotopic (exact) mass is 278 g/mol. The molecule has 0 atom stereocenters. The van der Waals surface area contributed by atoms with Crippen molar-refractivity contribution in [2.75, 3.05) is 0 Å². The van der Waals surface area contributed by atoms with Crippen LogP contribution in [0.15, 0.2) is 33.5 Å². The first-order valence-corrected chi connectivity index (χ1v) is 6.14. The van der Waals surface area contributed by atoms with E-state index >= 15 is 0 Å². The Kier molecular flexibility index (Phi) is 2.24. The van der Waals surface area contributed by atoms with Gasteiger partial charge < -0.3 is 0 Å². The SMILES string of the molecule is O=c1c2c([nH]n1-c1ccccc1Br)CCC2. The fraction of sp³-hybridized carbons (Fsp3) is 0.250. The Morgan fingerprint density at radius 2 is 2.06 bits per heavy atom. The number of H-pyrrole nitrogens is 1. The number of hydrogen-bond donors (Lipinski definition) is 1. The second-order valence-electron chi connectivity index (χ2n) is 4.01. The first kappa shape index (κ1) is 9.90. The molecule has 2 aromatic rings. The third-order valence-corrected chi connectivity index (χ3v) is 3.69. The minimum Gasteiger partial charge on any atom is -0.295 e. The Morgan fingerprint density at radius 3 is 2.81 bits per heavy atom. The van der Waals surface area contributed by atoms with Gasteiger partial charge in [0.05, 0.1) is 5.69 Å². The molecule has 1 aromatic carbocycles. The molecule has 16 heavy (non-hydrogen) atoms. The van der Waals surface area contributed by atoms with E-state index in [1.54, 1.807) is 4.68 Å². The Labute approximate surface area is 101 Å². The van der Waals surface area contributed by atoms with Crippen LogP contribution in [0.5, 0.6) is 0 Å². The van der Waals surface area contributed by atoms with Gasteiger partial charge in [-0.05, 0) is 47.3 Å². The number of fused-ring (bicyclic) bond motifs is 1. The summed E-state index contributed by atoms with van der Waals surface area (Å²) in [5.41, 5.74) is 3.03. The average molecular weight is 279 g/mol. The average Bonchev–Trinajstić information content (AvgIpc) is 2.83. The van der Waals surface area contributed by atoms with Crippen LogP contribution in [0.2, 0.25) is 0 Å². The maximum atomic E-state index is 12.1. The molecule has 0 radical (unpaired) electrons. The lowest BCUT2D eigenvalue weighted by atomic mass is 10.3. The quantitative estimate of drug-likeness (QED) is 0.855. The summed E-state index contributed by atoms with van der Waals surface area (Å²) < 4.78 is 2.56. The Morgan fingerprint density at radius 1 is 1.25 bits per heavy atom. The summed E-state index contributed by atoms with van der Waals surface area (Å²) in [6.07, 6.45) is 2.98. The van der Waals surface area contributed by atoms with Gasteiger partial charge in [0.15, 0.2) is 0 Å². The van der Waals surface area contributed by atoms with Crippen LogP contribution in [0.25, 0.3) is 5.69 Å². The molecule has 4 heteroatoms. The smallest absolute Gasteiger partial charge is 0.274 e. The van der Waals surface area contributed by atoms with E-state index in [9.17, 15) is 4.79 Å². The number of para-hydroxylation sites is 1. The van der Waals surface area contributed by atoms with Crippen molar-refractivity contribution in [3.05, 3.63) is 50.3 Å². The molecule has 1 aromatic heterocycles. The molecule has 1 heterocycles.